The van der Waals surface area contributed by atoms with Gasteiger partial charge >= 0.3 is 0 Å². The van der Waals surface area contributed by atoms with E-state index in [4.69, 9.17) is 0 Å². The lowest BCUT2D eigenvalue weighted by atomic mass is 10.1. The van der Waals surface area contributed by atoms with Crippen LogP contribution in [0.1, 0.15) is 27.6 Å². The van der Waals surface area contributed by atoms with Gasteiger partial charge in [0.1, 0.15) is 0 Å². The molecule has 0 spiro atoms. The first kappa shape index (κ1) is 18.1. The molecule has 0 heterocycles. The second-order valence-corrected chi connectivity index (χ2v) is 6.66. The number of rotatable bonds is 5. The molecular weight excluding hydrogens is 348 g/mol. The van der Waals surface area contributed by atoms with Gasteiger partial charge in [0.15, 0.2) is 0 Å². The predicted molar refractivity (Wildman–Crippen MR) is 86.2 cm³/mol. The molecule has 25 heavy (non-hydrogen) atoms. The van der Waals surface area contributed by atoms with Crippen LogP contribution < -0.4 is 15.1 Å². The van der Waals surface area contributed by atoms with Gasteiger partial charge in [-0.3, -0.25) is 9.59 Å². The normalized spacial score (nSPS) is 10.8. The smallest absolute Gasteiger partial charge is 0.264 e. The number of hydrogen-bond acceptors (Lipinski definition) is 6. The topological polar surface area (TPSA) is 132 Å². The molecule has 0 saturated heterocycles. The number of amides is 2. The van der Waals surface area contributed by atoms with Crippen LogP contribution in [0.5, 0.6) is 0 Å². The number of benzene rings is 2. The van der Waals surface area contributed by atoms with Crippen molar-refractivity contribution in [2.75, 3.05) is 5.32 Å². The van der Waals surface area contributed by atoms with Crippen LogP contribution in [0.3, 0.4) is 0 Å². The number of aromatic carboxylic acids is 1. The zero-order valence-electron chi connectivity index (χ0n) is 13.0. The molecule has 0 aliphatic heterocycles. The largest absolute Gasteiger partial charge is 0.545 e. The molecule has 2 aromatic rings. The zero-order valence-corrected chi connectivity index (χ0v) is 13.8. The van der Waals surface area contributed by atoms with E-state index in [0.29, 0.717) is 0 Å². The zero-order chi connectivity index (χ0) is 18.6. The molecule has 0 aromatic heterocycles. The highest BCUT2D eigenvalue weighted by atomic mass is 32.2. The summed E-state index contributed by atoms with van der Waals surface area (Å²) in [5.41, 5.74) is -0.0952. The first-order chi connectivity index (χ1) is 11.7. The molecule has 2 amide bonds. The SMILES string of the molecule is CC(=O)NS(=O)(=O)c1ccc(NC(=O)c2ccccc2C(=O)[O-])cc1. The molecule has 0 bridgehead atoms. The van der Waals surface area contributed by atoms with Crippen molar-refractivity contribution in [3.05, 3.63) is 59.7 Å². The van der Waals surface area contributed by atoms with E-state index in [-0.39, 0.29) is 21.7 Å². The maximum absolute atomic E-state index is 12.2. The maximum atomic E-state index is 12.2. The third-order valence-corrected chi connectivity index (χ3v) is 4.54. The Hall–Kier alpha value is -3.20. The molecule has 0 aliphatic rings. The second kappa shape index (κ2) is 7.14. The van der Waals surface area contributed by atoms with E-state index >= 15 is 0 Å². The van der Waals surface area contributed by atoms with E-state index in [0.717, 1.165) is 6.92 Å². The summed E-state index contributed by atoms with van der Waals surface area (Å²) in [6.07, 6.45) is 0. The lowest BCUT2D eigenvalue weighted by Gasteiger charge is -2.11. The number of sulfonamides is 1. The van der Waals surface area contributed by atoms with E-state index in [1.807, 2.05) is 4.72 Å². The fourth-order valence-electron chi connectivity index (χ4n) is 2.02. The Morgan fingerprint density at radius 1 is 0.920 bits per heavy atom. The van der Waals surface area contributed by atoms with Crippen molar-refractivity contribution >= 4 is 33.5 Å². The number of carbonyl (C=O) groups is 3. The van der Waals surface area contributed by atoms with Crippen LogP contribution in [0.2, 0.25) is 0 Å². The highest BCUT2D eigenvalue weighted by Gasteiger charge is 2.16. The average Bonchev–Trinajstić information content (AvgIpc) is 2.54. The van der Waals surface area contributed by atoms with E-state index < -0.39 is 27.8 Å². The molecule has 0 aliphatic carbocycles. The Morgan fingerprint density at radius 2 is 1.48 bits per heavy atom. The van der Waals surface area contributed by atoms with Crippen molar-refractivity contribution in [3.8, 4) is 0 Å². The third kappa shape index (κ3) is 4.42. The van der Waals surface area contributed by atoms with Crippen LogP contribution in [0, 0.1) is 0 Å². The van der Waals surface area contributed by atoms with Crippen molar-refractivity contribution in [1.82, 2.24) is 4.72 Å². The summed E-state index contributed by atoms with van der Waals surface area (Å²) < 4.78 is 25.5. The molecule has 0 unspecified atom stereocenters. The third-order valence-electron chi connectivity index (χ3n) is 3.09. The molecular formula is C16H13N2O6S-. The monoisotopic (exact) mass is 361 g/mol. The minimum Gasteiger partial charge on any atom is -0.545 e. The van der Waals surface area contributed by atoms with Crippen molar-refractivity contribution < 1.29 is 27.9 Å². The van der Waals surface area contributed by atoms with E-state index in [9.17, 15) is 27.9 Å². The predicted octanol–water partition coefficient (Wildman–Crippen LogP) is 0.127. The van der Waals surface area contributed by atoms with Crippen LogP contribution in [0.15, 0.2) is 53.4 Å². The van der Waals surface area contributed by atoms with Gasteiger partial charge in [-0.05, 0) is 30.3 Å². The summed E-state index contributed by atoms with van der Waals surface area (Å²) in [4.78, 5) is 34.0. The molecule has 130 valence electrons. The summed E-state index contributed by atoms with van der Waals surface area (Å²) in [7, 11) is -3.97. The van der Waals surface area contributed by atoms with Crippen LogP contribution >= 0.6 is 0 Å². The van der Waals surface area contributed by atoms with Crippen molar-refractivity contribution in [2.45, 2.75) is 11.8 Å². The Labute approximate surface area is 143 Å². The first-order valence-electron chi connectivity index (χ1n) is 6.96. The van der Waals surface area contributed by atoms with E-state index in [2.05, 4.69) is 5.32 Å². The van der Waals surface area contributed by atoms with Gasteiger partial charge in [0.05, 0.1) is 10.9 Å². The molecule has 0 radical (unpaired) electrons. The van der Waals surface area contributed by atoms with Crippen molar-refractivity contribution in [2.24, 2.45) is 0 Å². The molecule has 0 fully saturated rings. The molecule has 0 saturated carbocycles. The summed E-state index contributed by atoms with van der Waals surface area (Å²) in [6.45, 7) is 1.07. The quantitative estimate of drug-likeness (QED) is 0.778. The fraction of sp³-hybridized carbons (Fsp3) is 0.0625. The lowest BCUT2D eigenvalue weighted by molar-refractivity contribution is -0.255. The summed E-state index contributed by atoms with van der Waals surface area (Å²) in [6, 6.07) is 10.6. The van der Waals surface area contributed by atoms with Gasteiger partial charge in [-0.2, -0.15) is 0 Å². The molecule has 8 nitrogen and oxygen atoms in total. The number of carboxylic acids is 1. The number of carboxylic acid groups (broad SMARTS) is 1. The van der Waals surface area contributed by atoms with Gasteiger partial charge in [-0.1, -0.05) is 18.2 Å². The van der Waals surface area contributed by atoms with Gasteiger partial charge in [-0.15, -0.1) is 0 Å². The number of anilines is 1. The van der Waals surface area contributed by atoms with Crippen LogP contribution in [-0.2, 0) is 14.8 Å². The Morgan fingerprint density at radius 3 is 2.00 bits per heavy atom. The first-order valence-corrected chi connectivity index (χ1v) is 8.44. The van der Waals surface area contributed by atoms with Crippen LogP contribution in [0.25, 0.3) is 0 Å². The molecule has 2 N–H and O–H groups in total. The number of hydrogen-bond donors (Lipinski definition) is 2. The van der Waals surface area contributed by atoms with Gasteiger partial charge in [0.2, 0.25) is 5.91 Å². The fourth-order valence-corrected chi connectivity index (χ4v) is 3.01. The molecule has 2 aromatic carbocycles. The van der Waals surface area contributed by atoms with Crippen LogP contribution in [-0.4, -0.2) is 26.2 Å². The summed E-state index contributed by atoms with van der Waals surface area (Å²) in [5, 5.41) is 13.5. The highest BCUT2D eigenvalue weighted by Crippen LogP contribution is 2.16. The summed E-state index contributed by atoms with van der Waals surface area (Å²) in [5.74, 6) is -2.89. The summed E-state index contributed by atoms with van der Waals surface area (Å²) >= 11 is 0. The highest BCUT2D eigenvalue weighted by molar-refractivity contribution is 7.90. The average molecular weight is 361 g/mol. The Kier molecular flexibility index (Phi) is 5.18. The van der Waals surface area contributed by atoms with Crippen molar-refractivity contribution in [1.29, 1.82) is 0 Å². The van der Waals surface area contributed by atoms with Gasteiger partial charge in [-0.25, -0.2) is 13.1 Å². The van der Waals surface area contributed by atoms with E-state index in [1.54, 1.807) is 0 Å². The van der Waals surface area contributed by atoms with E-state index in [1.165, 1.54) is 48.5 Å². The minimum absolute atomic E-state index is 0.0857. The Bertz CT molecular complexity index is 935. The van der Waals surface area contributed by atoms with Gasteiger partial charge < -0.3 is 15.2 Å². The van der Waals surface area contributed by atoms with Crippen molar-refractivity contribution in [3.63, 3.8) is 0 Å². The molecule has 9 heteroatoms. The number of nitrogens with one attached hydrogen (secondary N) is 2. The Balaban J connectivity index is 2.21. The number of carbonyl (C=O) groups excluding carboxylic acids is 3. The van der Waals surface area contributed by atoms with Gasteiger partial charge in [0, 0.05) is 23.7 Å². The van der Waals surface area contributed by atoms with Crippen LogP contribution in [0.4, 0.5) is 5.69 Å². The lowest BCUT2D eigenvalue weighted by Crippen LogP contribution is -2.28. The standard InChI is InChI=1S/C16H14N2O6S/c1-10(19)18-25(23,24)12-8-6-11(7-9-12)17-15(20)13-4-2-3-5-14(13)16(21)22/h2-9H,1H3,(H,17,20)(H,18,19)(H,21,22)/p-1. The van der Waals surface area contributed by atoms with Gasteiger partial charge in [0.25, 0.3) is 15.9 Å². The second-order valence-electron chi connectivity index (χ2n) is 4.97. The molecule has 2 rings (SSSR count). The molecule has 0 atom stereocenters. The maximum Gasteiger partial charge on any atom is 0.264 e. The minimum atomic E-state index is -3.97.